The number of aliphatic imine (C=N–C) groups is 1. The van der Waals surface area contributed by atoms with Gasteiger partial charge in [-0.15, -0.1) is 0 Å². The van der Waals surface area contributed by atoms with Gasteiger partial charge in [0.15, 0.2) is 5.75 Å². The zero-order valence-corrected chi connectivity index (χ0v) is 17.5. The monoisotopic (exact) mass is 449 g/mol. The molecule has 3 aromatic rings. The normalized spacial score (nSPS) is 14.2. The molecule has 1 heterocycles. The molecule has 0 saturated heterocycles. The van der Waals surface area contributed by atoms with Crippen LogP contribution in [0.3, 0.4) is 0 Å². The van der Waals surface area contributed by atoms with Crippen molar-refractivity contribution in [2.45, 2.75) is 11.4 Å². The fourth-order valence-corrected chi connectivity index (χ4v) is 3.88. The van der Waals surface area contributed by atoms with Crippen LogP contribution in [-0.4, -0.2) is 5.96 Å². The van der Waals surface area contributed by atoms with Crippen molar-refractivity contribution < 1.29 is 4.74 Å². The van der Waals surface area contributed by atoms with Crippen molar-refractivity contribution >= 4 is 58.4 Å². The van der Waals surface area contributed by atoms with Gasteiger partial charge in [0.1, 0.15) is 5.75 Å². The van der Waals surface area contributed by atoms with Crippen molar-refractivity contribution in [2.75, 3.05) is 5.32 Å². The minimum Gasteiger partial charge on any atom is -0.454 e. The first-order valence-electron chi connectivity index (χ1n) is 8.34. The topological polar surface area (TPSA) is 45.6 Å². The predicted molar refractivity (Wildman–Crippen MR) is 118 cm³/mol. The Hall–Kier alpha value is -2.05. The summed E-state index contributed by atoms with van der Waals surface area (Å²) in [5.74, 6) is 1.85. The second-order valence-corrected chi connectivity index (χ2v) is 7.91. The first-order valence-corrected chi connectivity index (χ1v) is 10.3. The third-order valence-electron chi connectivity index (χ3n) is 3.98. The molecule has 1 aliphatic rings. The van der Waals surface area contributed by atoms with Crippen LogP contribution >= 0.6 is 46.8 Å². The van der Waals surface area contributed by atoms with E-state index in [9.17, 15) is 0 Å². The quantitative estimate of drug-likeness (QED) is 0.419. The van der Waals surface area contributed by atoms with Crippen LogP contribution in [0, 0.1) is 0 Å². The van der Waals surface area contributed by atoms with Crippen molar-refractivity contribution in [3.8, 4) is 11.5 Å². The van der Waals surface area contributed by atoms with Crippen LogP contribution in [0.25, 0.3) is 0 Å². The summed E-state index contributed by atoms with van der Waals surface area (Å²) < 4.78 is 9.20. The molecule has 1 aliphatic heterocycles. The highest BCUT2D eigenvalue weighted by Gasteiger charge is 2.19. The van der Waals surface area contributed by atoms with Crippen LogP contribution in [0.2, 0.25) is 15.1 Å². The third-order valence-corrected chi connectivity index (χ3v) is 6.01. The van der Waals surface area contributed by atoms with E-state index < -0.39 is 0 Å². The van der Waals surface area contributed by atoms with Gasteiger partial charge in [-0.2, -0.15) is 0 Å². The number of halogens is 3. The molecule has 4 nitrogen and oxygen atoms in total. The number of fused-ring (bicyclic) bond motifs is 1. The van der Waals surface area contributed by atoms with E-state index in [1.54, 1.807) is 12.1 Å². The van der Waals surface area contributed by atoms with Gasteiger partial charge < -0.3 is 10.1 Å². The molecule has 4 rings (SSSR count). The van der Waals surface area contributed by atoms with Crippen molar-refractivity contribution in [1.82, 2.24) is 4.72 Å². The van der Waals surface area contributed by atoms with Crippen molar-refractivity contribution in [2.24, 2.45) is 4.99 Å². The standard InChI is InChI=1S/C20H14Cl3N3OS/c21-13-6-1-2-8-15(13)27-16-9-4-10-17-19(16)25-20(26-28-17)24-11-12-5-3-7-14(22)18(12)23/h1-10H,11H2,(H2,24,25,26). The maximum absolute atomic E-state index is 6.24. The Bertz CT molecular complexity index is 1060. The summed E-state index contributed by atoms with van der Waals surface area (Å²) >= 11 is 20.0. The number of nitrogens with zero attached hydrogens (tertiary/aromatic N) is 1. The van der Waals surface area contributed by atoms with Gasteiger partial charge in [0.25, 0.3) is 0 Å². The van der Waals surface area contributed by atoms with Crippen LogP contribution in [0.5, 0.6) is 11.5 Å². The lowest BCUT2D eigenvalue weighted by atomic mass is 10.2. The number of guanidine groups is 1. The lowest BCUT2D eigenvalue weighted by Gasteiger charge is -2.23. The highest BCUT2D eigenvalue weighted by atomic mass is 35.5. The molecule has 2 N–H and O–H groups in total. The molecule has 3 aromatic carbocycles. The summed E-state index contributed by atoms with van der Waals surface area (Å²) in [6.07, 6.45) is 0. The van der Waals surface area contributed by atoms with Gasteiger partial charge in [-0.25, -0.2) is 4.99 Å². The van der Waals surface area contributed by atoms with Crippen LogP contribution in [-0.2, 0) is 6.54 Å². The Morgan fingerprint density at radius 2 is 1.61 bits per heavy atom. The average molecular weight is 451 g/mol. The average Bonchev–Trinajstić information content (AvgIpc) is 2.71. The summed E-state index contributed by atoms with van der Waals surface area (Å²) in [6, 6.07) is 18.7. The zero-order valence-electron chi connectivity index (χ0n) is 14.4. The molecule has 28 heavy (non-hydrogen) atoms. The van der Waals surface area contributed by atoms with E-state index in [0.29, 0.717) is 39.1 Å². The van der Waals surface area contributed by atoms with Gasteiger partial charge in [0.2, 0.25) is 5.96 Å². The smallest absolute Gasteiger partial charge is 0.206 e. The molecule has 142 valence electrons. The predicted octanol–water partition coefficient (Wildman–Crippen LogP) is 7.02. The molecule has 0 atom stereocenters. The zero-order chi connectivity index (χ0) is 19.5. The first kappa shape index (κ1) is 19.3. The van der Waals surface area contributed by atoms with Crippen molar-refractivity contribution in [1.29, 1.82) is 0 Å². The van der Waals surface area contributed by atoms with E-state index in [1.165, 1.54) is 11.9 Å². The fourth-order valence-electron chi connectivity index (χ4n) is 2.60. The minimum atomic E-state index is 0.387. The number of para-hydroxylation sites is 2. The highest BCUT2D eigenvalue weighted by Crippen LogP contribution is 2.40. The Labute approximate surface area is 182 Å². The summed E-state index contributed by atoms with van der Waals surface area (Å²) in [6.45, 7) is 0.387. The molecular weight excluding hydrogens is 437 g/mol. The minimum absolute atomic E-state index is 0.387. The molecule has 0 spiro atoms. The summed E-state index contributed by atoms with van der Waals surface area (Å²) in [5, 5.41) is 4.86. The summed E-state index contributed by atoms with van der Waals surface area (Å²) in [7, 11) is 0. The second kappa shape index (κ2) is 8.53. The van der Waals surface area contributed by atoms with E-state index in [2.05, 4.69) is 15.0 Å². The summed E-state index contributed by atoms with van der Waals surface area (Å²) in [4.78, 5) is 5.56. The van der Waals surface area contributed by atoms with Crippen LogP contribution in [0.15, 0.2) is 70.6 Å². The number of hydrogen-bond acceptors (Lipinski definition) is 3. The first-order chi connectivity index (χ1) is 13.6. The van der Waals surface area contributed by atoms with Gasteiger partial charge in [-0.1, -0.05) is 65.1 Å². The molecule has 0 aliphatic carbocycles. The van der Waals surface area contributed by atoms with E-state index in [1.807, 2.05) is 48.5 Å². The van der Waals surface area contributed by atoms with Crippen molar-refractivity contribution in [3.63, 3.8) is 0 Å². The van der Waals surface area contributed by atoms with E-state index in [-0.39, 0.29) is 0 Å². The van der Waals surface area contributed by atoms with Crippen LogP contribution in [0.1, 0.15) is 5.56 Å². The Kier molecular flexibility index (Phi) is 5.87. The maximum Gasteiger partial charge on any atom is 0.206 e. The molecule has 0 unspecified atom stereocenters. The molecule has 0 bridgehead atoms. The van der Waals surface area contributed by atoms with Crippen molar-refractivity contribution in [3.05, 3.63) is 81.3 Å². The van der Waals surface area contributed by atoms with Gasteiger partial charge in [0, 0.05) is 0 Å². The third kappa shape index (κ3) is 4.18. The van der Waals surface area contributed by atoms with Gasteiger partial charge in [-0.3, -0.25) is 4.72 Å². The highest BCUT2D eigenvalue weighted by molar-refractivity contribution is 7.98. The van der Waals surface area contributed by atoms with Gasteiger partial charge >= 0.3 is 0 Å². The van der Waals surface area contributed by atoms with Gasteiger partial charge in [0.05, 0.1) is 32.2 Å². The van der Waals surface area contributed by atoms with Crippen LogP contribution < -0.4 is 14.8 Å². The fraction of sp³-hybridized carbons (Fsp3) is 0.0500. The number of anilines is 1. The Morgan fingerprint density at radius 1 is 0.857 bits per heavy atom. The number of rotatable bonds is 4. The lowest BCUT2D eigenvalue weighted by molar-refractivity contribution is 0.484. The van der Waals surface area contributed by atoms with Crippen LogP contribution in [0.4, 0.5) is 5.69 Å². The number of ether oxygens (including phenoxy) is 1. The molecule has 8 heteroatoms. The molecule has 0 fully saturated rings. The Balaban J connectivity index is 1.57. The molecule has 0 saturated carbocycles. The molecule has 0 aromatic heterocycles. The number of hydrogen-bond donors (Lipinski definition) is 2. The maximum atomic E-state index is 6.24. The second-order valence-electron chi connectivity index (χ2n) is 5.87. The van der Waals surface area contributed by atoms with Gasteiger partial charge in [-0.05, 0) is 47.8 Å². The number of nitrogens with one attached hydrogen (secondary N) is 2. The van der Waals surface area contributed by atoms with E-state index in [0.717, 1.165) is 16.1 Å². The Morgan fingerprint density at radius 3 is 2.46 bits per heavy atom. The SMILES string of the molecule is Clc1ccccc1Oc1cccc2c1NC(=NCc1cccc(Cl)c1Cl)NS2. The molecular formula is C20H14Cl3N3OS. The number of benzene rings is 3. The largest absolute Gasteiger partial charge is 0.454 e. The molecule has 0 amide bonds. The summed E-state index contributed by atoms with van der Waals surface area (Å²) in [5.41, 5.74) is 1.67. The van der Waals surface area contributed by atoms with E-state index >= 15 is 0 Å². The lowest BCUT2D eigenvalue weighted by Crippen LogP contribution is -2.29. The molecule has 0 radical (unpaired) electrons. The van der Waals surface area contributed by atoms with E-state index in [4.69, 9.17) is 39.5 Å².